The average molecular weight is 249 g/mol. The van der Waals surface area contributed by atoms with Crippen LogP contribution in [0.2, 0.25) is 0 Å². The first-order valence-electron chi connectivity index (χ1n) is 6.31. The molecular formula is C13H19N3O2. The lowest BCUT2D eigenvalue weighted by Crippen LogP contribution is -2.41. The summed E-state index contributed by atoms with van der Waals surface area (Å²) < 4.78 is 0. The van der Waals surface area contributed by atoms with Crippen LogP contribution in [-0.2, 0) is 0 Å². The first-order chi connectivity index (χ1) is 8.56. The maximum absolute atomic E-state index is 10.7. The molecule has 1 aromatic rings. The van der Waals surface area contributed by atoms with E-state index < -0.39 is 0 Å². The molecule has 5 nitrogen and oxygen atoms in total. The SMILES string of the molecule is Cc1cc(NC2CCNC(C)C2)ccc1[N+](=O)[O-]. The molecule has 1 heterocycles. The van der Waals surface area contributed by atoms with Crippen molar-refractivity contribution >= 4 is 11.4 Å². The number of nitrogens with zero attached hydrogens (tertiary/aromatic N) is 1. The van der Waals surface area contributed by atoms with Crippen molar-refractivity contribution in [3.8, 4) is 0 Å². The Hall–Kier alpha value is -1.62. The Morgan fingerprint density at radius 3 is 2.89 bits per heavy atom. The van der Waals surface area contributed by atoms with Crippen LogP contribution in [0.4, 0.5) is 11.4 Å². The highest BCUT2D eigenvalue weighted by Crippen LogP contribution is 2.23. The van der Waals surface area contributed by atoms with Gasteiger partial charge in [0.2, 0.25) is 0 Å². The molecule has 18 heavy (non-hydrogen) atoms. The molecule has 2 N–H and O–H groups in total. The van der Waals surface area contributed by atoms with Gasteiger partial charge in [-0.2, -0.15) is 0 Å². The number of nitro groups is 1. The number of rotatable bonds is 3. The van der Waals surface area contributed by atoms with E-state index in [-0.39, 0.29) is 10.6 Å². The van der Waals surface area contributed by atoms with Gasteiger partial charge in [0, 0.05) is 29.4 Å². The summed E-state index contributed by atoms with van der Waals surface area (Å²) in [4.78, 5) is 10.4. The van der Waals surface area contributed by atoms with E-state index in [1.807, 2.05) is 6.07 Å². The maximum Gasteiger partial charge on any atom is 0.272 e. The smallest absolute Gasteiger partial charge is 0.272 e. The van der Waals surface area contributed by atoms with Gasteiger partial charge >= 0.3 is 0 Å². The summed E-state index contributed by atoms with van der Waals surface area (Å²) in [5.41, 5.74) is 1.85. The lowest BCUT2D eigenvalue weighted by Gasteiger charge is -2.29. The van der Waals surface area contributed by atoms with Crippen LogP contribution in [0.1, 0.15) is 25.3 Å². The van der Waals surface area contributed by atoms with Crippen LogP contribution in [0, 0.1) is 17.0 Å². The van der Waals surface area contributed by atoms with Crippen LogP contribution in [-0.4, -0.2) is 23.6 Å². The van der Waals surface area contributed by atoms with Crippen molar-refractivity contribution in [2.45, 2.75) is 38.8 Å². The summed E-state index contributed by atoms with van der Waals surface area (Å²) in [6.45, 7) is 4.97. The highest BCUT2D eigenvalue weighted by Gasteiger charge is 2.18. The van der Waals surface area contributed by atoms with Crippen molar-refractivity contribution in [2.24, 2.45) is 0 Å². The Bertz CT molecular complexity index is 448. The lowest BCUT2D eigenvalue weighted by atomic mass is 10.00. The van der Waals surface area contributed by atoms with Gasteiger partial charge < -0.3 is 10.6 Å². The molecule has 5 heteroatoms. The Balaban J connectivity index is 2.05. The van der Waals surface area contributed by atoms with E-state index in [0.717, 1.165) is 25.1 Å². The minimum Gasteiger partial charge on any atom is -0.382 e. The van der Waals surface area contributed by atoms with E-state index in [1.165, 1.54) is 0 Å². The zero-order valence-corrected chi connectivity index (χ0v) is 10.8. The van der Waals surface area contributed by atoms with Gasteiger partial charge in [-0.1, -0.05) is 0 Å². The molecule has 0 aliphatic carbocycles. The summed E-state index contributed by atoms with van der Waals surface area (Å²) in [5.74, 6) is 0. The maximum atomic E-state index is 10.7. The van der Waals surface area contributed by atoms with Gasteiger partial charge in [0.1, 0.15) is 0 Å². The first-order valence-corrected chi connectivity index (χ1v) is 6.31. The normalized spacial score (nSPS) is 23.7. The van der Waals surface area contributed by atoms with Crippen molar-refractivity contribution < 1.29 is 4.92 Å². The highest BCUT2D eigenvalue weighted by molar-refractivity contribution is 5.54. The number of aryl methyl sites for hydroxylation is 1. The second-order valence-electron chi connectivity index (χ2n) is 4.98. The molecule has 0 bridgehead atoms. The predicted octanol–water partition coefficient (Wildman–Crippen LogP) is 2.46. The van der Waals surface area contributed by atoms with Crippen molar-refractivity contribution in [3.63, 3.8) is 0 Å². The molecule has 1 fully saturated rings. The van der Waals surface area contributed by atoms with Crippen LogP contribution in [0.3, 0.4) is 0 Å². The summed E-state index contributed by atoms with van der Waals surface area (Å²) in [6.07, 6.45) is 2.16. The molecule has 0 saturated carbocycles. The lowest BCUT2D eigenvalue weighted by molar-refractivity contribution is -0.385. The summed E-state index contributed by atoms with van der Waals surface area (Å²) >= 11 is 0. The third kappa shape index (κ3) is 2.98. The van der Waals surface area contributed by atoms with Gasteiger partial charge in [-0.3, -0.25) is 10.1 Å². The van der Waals surface area contributed by atoms with Crippen LogP contribution >= 0.6 is 0 Å². The Morgan fingerprint density at radius 1 is 1.50 bits per heavy atom. The highest BCUT2D eigenvalue weighted by atomic mass is 16.6. The van der Waals surface area contributed by atoms with E-state index in [2.05, 4.69) is 17.6 Å². The van der Waals surface area contributed by atoms with Crippen LogP contribution < -0.4 is 10.6 Å². The predicted molar refractivity (Wildman–Crippen MR) is 71.9 cm³/mol. The van der Waals surface area contributed by atoms with Crippen molar-refractivity contribution in [2.75, 3.05) is 11.9 Å². The minimum absolute atomic E-state index is 0.180. The van der Waals surface area contributed by atoms with E-state index in [1.54, 1.807) is 19.1 Å². The summed E-state index contributed by atoms with van der Waals surface area (Å²) in [5, 5.41) is 17.6. The topological polar surface area (TPSA) is 67.2 Å². The number of nitro benzene ring substituents is 1. The Morgan fingerprint density at radius 2 is 2.28 bits per heavy atom. The summed E-state index contributed by atoms with van der Waals surface area (Å²) in [7, 11) is 0. The van der Waals surface area contributed by atoms with Crippen molar-refractivity contribution in [3.05, 3.63) is 33.9 Å². The zero-order valence-electron chi connectivity index (χ0n) is 10.8. The number of anilines is 1. The number of piperidine rings is 1. The minimum atomic E-state index is -0.342. The molecule has 0 aromatic heterocycles. The molecule has 1 saturated heterocycles. The molecule has 0 spiro atoms. The number of hydrogen-bond acceptors (Lipinski definition) is 4. The number of hydrogen-bond donors (Lipinski definition) is 2. The zero-order chi connectivity index (χ0) is 13.1. The van der Waals surface area contributed by atoms with Crippen molar-refractivity contribution in [1.82, 2.24) is 5.32 Å². The largest absolute Gasteiger partial charge is 0.382 e. The third-order valence-corrected chi connectivity index (χ3v) is 3.39. The van der Waals surface area contributed by atoms with E-state index >= 15 is 0 Å². The molecule has 1 aromatic carbocycles. The van der Waals surface area contributed by atoms with E-state index in [4.69, 9.17) is 0 Å². The Kier molecular flexibility index (Phi) is 3.81. The molecule has 1 aliphatic heterocycles. The quantitative estimate of drug-likeness (QED) is 0.638. The fourth-order valence-electron chi connectivity index (χ4n) is 2.45. The van der Waals surface area contributed by atoms with Crippen LogP contribution in [0.25, 0.3) is 0 Å². The van der Waals surface area contributed by atoms with Gasteiger partial charge in [0.25, 0.3) is 5.69 Å². The number of nitrogens with one attached hydrogen (secondary N) is 2. The molecule has 2 atom stereocenters. The fraction of sp³-hybridized carbons (Fsp3) is 0.538. The molecule has 0 radical (unpaired) electrons. The van der Waals surface area contributed by atoms with Gasteiger partial charge in [-0.25, -0.2) is 0 Å². The van der Waals surface area contributed by atoms with Gasteiger partial charge in [0.15, 0.2) is 0 Å². The third-order valence-electron chi connectivity index (χ3n) is 3.39. The summed E-state index contributed by atoms with van der Waals surface area (Å²) in [6, 6.07) is 6.18. The number of benzene rings is 1. The molecule has 0 amide bonds. The standard InChI is InChI=1S/C13H19N3O2/c1-9-7-11(3-4-13(9)16(17)18)15-12-5-6-14-10(2)8-12/h3-4,7,10,12,14-15H,5-6,8H2,1-2H3. The van der Waals surface area contributed by atoms with Gasteiger partial charge in [-0.15, -0.1) is 0 Å². The van der Waals surface area contributed by atoms with Gasteiger partial charge in [0.05, 0.1) is 4.92 Å². The molecule has 2 unspecified atom stereocenters. The monoisotopic (exact) mass is 249 g/mol. The van der Waals surface area contributed by atoms with Gasteiger partial charge in [-0.05, 0) is 45.4 Å². The Labute approximate surface area is 107 Å². The van der Waals surface area contributed by atoms with E-state index in [9.17, 15) is 10.1 Å². The molecule has 2 rings (SSSR count). The van der Waals surface area contributed by atoms with Crippen molar-refractivity contribution in [1.29, 1.82) is 0 Å². The van der Waals surface area contributed by atoms with Crippen LogP contribution in [0.5, 0.6) is 0 Å². The molecule has 1 aliphatic rings. The molecular weight excluding hydrogens is 230 g/mol. The van der Waals surface area contributed by atoms with Crippen LogP contribution in [0.15, 0.2) is 18.2 Å². The average Bonchev–Trinajstić information content (AvgIpc) is 2.28. The second kappa shape index (κ2) is 5.35. The fourth-order valence-corrected chi connectivity index (χ4v) is 2.45. The first kappa shape index (κ1) is 12.8. The molecule has 98 valence electrons. The second-order valence-corrected chi connectivity index (χ2v) is 4.98. The van der Waals surface area contributed by atoms with E-state index in [0.29, 0.717) is 17.6 Å².